The van der Waals surface area contributed by atoms with Gasteiger partial charge in [-0.15, -0.1) is 0 Å². The fraction of sp³-hybridized carbons (Fsp3) is 0.304. The van der Waals surface area contributed by atoms with Gasteiger partial charge in [0.15, 0.2) is 0 Å². The number of rotatable bonds is 9. The molecular weight excluding hydrogens is 352 g/mol. The molecule has 1 aliphatic rings. The van der Waals surface area contributed by atoms with Crippen LogP contribution in [0.25, 0.3) is 0 Å². The van der Waals surface area contributed by atoms with E-state index in [0.29, 0.717) is 19.6 Å². The van der Waals surface area contributed by atoms with E-state index in [0.717, 1.165) is 36.0 Å². The first-order valence-electron chi connectivity index (χ1n) is 9.70. The van der Waals surface area contributed by atoms with Crippen LogP contribution >= 0.6 is 0 Å². The summed E-state index contributed by atoms with van der Waals surface area (Å²) < 4.78 is 0. The van der Waals surface area contributed by atoms with Gasteiger partial charge < -0.3 is 5.32 Å². The fourth-order valence-corrected chi connectivity index (χ4v) is 3.31. The van der Waals surface area contributed by atoms with E-state index >= 15 is 0 Å². The molecule has 0 aromatic heterocycles. The molecule has 2 N–H and O–H groups in total. The number of carbonyl (C=O) groups excluding carboxylic acids is 2. The standard InChI is InChI=1S/C23H26N2O3/c26-22(25-28-17-19-9-5-2-6-10-19)14-13-21-20(15-16-24-23(21)27)12-11-18-7-3-1-4-8-18/h1-10H,11-17H2,(H,24,27)(H,25,26). The molecular formula is C23H26N2O3. The third kappa shape index (κ3) is 6.06. The lowest BCUT2D eigenvalue weighted by Crippen LogP contribution is -2.32. The Morgan fingerprint density at radius 3 is 2.32 bits per heavy atom. The zero-order chi connectivity index (χ0) is 19.6. The van der Waals surface area contributed by atoms with Crippen LogP contribution in [0.15, 0.2) is 71.8 Å². The van der Waals surface area contributed by atoms with Gasteiger partial charge >= 0.3 is 0 Å². The molecule has 0 atom stereocenters. The summed E-state index contributed by atoms with van der Waals surface area (Å²) in [5.41, 5.74) is 6.62. The van der Waals surface area contributed by atoms with Crippen LogP contribution in [0, 0.1) is 0 Å². The third-order valence-corrected chi connectivity index (χ3v) is 4.84. The minimum atomic E-state index is -0.218. The Morgan fingerprint density at radius 2 is 1.61 bits per heavy atom. The first-order valence-corrected chi connectivity index (χ1v) is 9.70. The van der Waals surface area contributed by atoms with Crippen LogP contribution in [0.3, 0.4) is 0 Å². The van der Waals surface area contributed by atoms with Crippen LogP contribution < -0.4 is 10.8 Å². The van der Waals surface area contributed by atoms with Gasteiger partial charge in [-0.25, -0.2) is 5.48 Å². The number of carbonyl (C=O) groups is 2. The molecule has 0 saturated heterocycles. The van der Waals surface area contributed by atoms with Gasteiger partial charge in [-0.1, -0.05) is 66.2 Å². The molecule has 0 bridgehead atoms. The first kappa shape index (κ1) is 19.8. The van der Waals surface area contributed by atoms with E-state index in [1.807, 2.05) is 48.5 Å². The Bertz CT molecular complexity index is 816. The van der Waals surface area contributed by atoms with Crippen molar-refractivity contribution in [2.24, 2.45) is 0 Å². The van der Waals surface area contributed by atoms with Crippen LogP contribution in [-0.2, 0) is 27.5 Å². The molecule has 28 heavy (non-hydrogen) atoms. The molecule has 146 valence electrons. The predicted molar refractivity (Wildman–Crippen MR) is 108 cm³/mol. The summed E-state index contributed by atoms with van der Waals surface area (Å²) in [6.45, 7) is 0.983. The number of nitrogens with one attached hydrogen (secondary N) is 2. The summed E-state index contributed by atoms with van der Waals surface area (Å²) in [4.78, 5) is 29.6. The van der Waals surface area contributed by atoms with Crippen molar-refractivity contribution >= 4 is 11.8 Å². The van der Waals surface area contributed by atoms with Crippen molar-refractivity contribution in [3.63, 3.8) is 0 Å². The van der Waals surface area contributed by atoms with E-state index in [1.165, 1.54) is 5.56 Å². The minimum Gasteiger partial charge on any atom is -0.352 e. The Hall–Kier alpha value is -2.92. The summed E-state index contributed by atoms with van der Waals surface area (Å²) in [5, 5.41) is 2.89. The van der Waals surface area contributed by atoms with E-state index in [4.69, 9.17) is 4.84 Å². The van der Waals surface area contributed by atoms with Crippen molar-refractivity contribution in [1.82, 2.24) is 10.8 Å². The van der Waals surface area contributed by atoms with Crippen LogP contribution in [0.5, 0.6) is 0 Å². The average molecular weight is 378 g/mol. The van der Waals surface area contributed by atoms with Gasteiger partial charge in [-0.2, -0.15) is 0 Å². The molecule has 0 fully saturated rings. The van der Waals surface area contributed by atoms with E-state index in [9.17, 15) is 9.59 Å². The maximum absolute atomic E-state index is 12.3. The molecule has 2 amide bonds. The van der Waals surface area contributed by atoms with Crippen LogP contribution in [0.2, 0.25) is 0 Å². The number of hydrogen-bond donors (Lipinski definition) is 2. The van der Waals surface area contributed by atoms with Crippen molar-refractivity contribution in [3.05, 3.63) is 82.9 Å². The Morgan fingerprint density at radius 1 is 0.929 bits per heavy atom. The van der Waals surface area contributed by atoms with Gasteiger partial charge in [-0.3, -0.25) is 14.4 Å². The lowest BCUT2D eigenvalue weighted by Gasteiger charge is -2.21. The van der Waals surface area contributed by atoms with Gasteiger partial charge in [-0.05, 0) is 36.8 Å². The second-order valence-electron chi connectivity index (χ2n) is 6.87. The molecule has 2 aromatic carbocycles. The monoisotopic (exact) mass is 378 g/mol. The van der Waals surface area contributed by atoms with E-state index in [-0.39, 0.29) is 18.2 Å². The number of benzene rings is 2. The summed E-state index contributed by atoms with van der Waals surface area (Å²) in [7, 11) is 0. The molecule has 2 aromatic rings. The molecule has 0 unspecified atom stereocenters. The topological polar surface area (TPSA) is 67.4 Å². The number of aryl methyl sites for hydroxylation is 1. The second-order valence-corrected chi connectivity index (χ2v) is 6.87. The molecule has 0 spiro atoms. The van der Waals surface area contributed by atoms with Crippen molar-refractivity contribution < 1.29 is 14.4 Å². The number of amides is 2. The lowest BCUT2D eigenvalue weighted by atomic mass is 9.92. The maximum atomic E-state index is 12.3. The average Bonchev–Trinajstić information content (AvgIpc) is 2.73. The highest BCUT2D eigenvalue weighted by molar-refractivity contribution is 5.95. The Kier molecular flexibility index (Phi) is 7.38. The van der Waals surface area contributed by atoms with Crippen LogP contribution in [0.4, 0.5) is 0 Å². The molecule has 0 aliphatic carbocycles. The largest absolute Gasteiger partial charge is 0.352 e. The van der Waals surface area contributed by atoms with Crippen molar-refractivity contribution in [1.29, 1.82) is 0 Å². The zero-order valence-electron chi connectivity index (χ0n) is 15.9. The van der Waals surface area contributed by atoms with Crippen molar-refractivity contribution in [2.45, 2.75) is 38.7 Å². The van der Waals surface area contributed by atoms with Gasteiger partial charge in [0.05, 0.1) is 6.61 Å². The molecule has 5 nitrogen and oxygen atoms in total. The van der Waals surface area contributed by atoms with E-state index in [2.05, 4.69) is 22.9 Å². The molecule has 5 heteroatoms. The molecule has 3 rings (SSSR count). The van der Waals surface area contributed by atoms with Crippen LogP contribution in [0.1, 0.15) is 36.8 Å². The summed E-state index contributed by atoms with van der Waals surface area (Å²) in [6.07, 6.45) is 3.25. The SMILES string of the molecule is O=C(CCC1=C(CCc2ccccc2)CCNC1=O)NOCc1ccccc1. The number of hydroxylamine groups is 1. The quantitative estimate of drug-likeness (QED) is 0.657. The summed E-state index contributed by atoms with van der Waals surface area (Å²) in [5.74, 6) is -0.267. The van der Waals surface area contributed by atoms with E-state index < -0.39 is 0 Å². The van der Waals surface area contributed by atoms with Crippen LogP contribution in [-0.4, -0.2) is 18.4 Å². The minimum absolute atomic E-state index is 0.0488. The maximum Gasteiger partial charge on any atom is 0.247 e. The third-order valence-electron chi connectivity index (χ3n) is 4.84. The lowest BCUT2D eigenvalue weighted by molar-refractivity contribution is -0.134. The summed E-state index contributed by atoms with van der Waals surface area (Å²) >= 11 is 0. The second kappa shape index (κ2) is 10.4. The normalized spacial score (nSPS) is 13.9. The van der Waals surface area contributed by atoms with E-state index in [1.54, 1.807) is 0 Å². The number of hydrogen-bond acceptors (Lipinski definition) is 3. The molecule has 0 radical (unpaired) electrons. The Labute approximate surface area is 165 Å². The predicted octanol–water partition coefficient (Wildman–Crippen LogP) is 3.46. The van der Waals surface area contributed by atoms with Gasteiger partial charge in [0.25, 0.3) is 0 Å². The van der Waals surface area contributed by atoms with Gasteiger partial charge in [0.2, 0.25) is 11.8 Å². The van der Waals surface area contributed by atoms with Gasteiger partial charge in [0, 0.05) is 18.5 Å². The molecule has 1 heterocycles. The fourth-order valence-electron chi connectivity index (χ4n) is 3.31. The first-order chi connectivity index (χ1) is 13.7. The smallest absolute Gasteiger partial charge is 0.247 e. The highest BCUT2D eigenvalue weighted by atomic mass is 16.6. The summed E-state index contributed by atoms with van der Waals surface area (Å²) in [6, 6.07) is 19.9. The van der Waals surface area contributed by atoms with Crippen molar-refractivity contribution in [3.8, 4) is 0 Å². The highest BCUT2D eigenvalue weighted by Crippen LogP contribution is 2.23. The molecule has 0 saturated carbocycles. The Balaban J connectivity index is 1.49. The zero-order valence-corrected chi connectivity index (χ0v) is 15.9. The molecule has 1 aliphatic heterocycles. The van der Waals surface area contributed by atoms with Crippen molar-refractivity contribution in [2.75, 3.05) is 6.54 Å². The van der Waals surface area contributed by atoms with Gasteiger partial charge in [0.1, 0.15) is 0 Å². The highest BCUT2D eigenvalue weighted by Gasteiger charge is 2.20.